The van der Waals surface area contributed by atoms with Crippen molar-refractivity contribution in [2.24, 2.45) is 5.92 Å². The summed E-state index contributed by atoms with van der Waals surface area (Å²) in [7, 11) is 1.95. The third kappa shape index (κ3) is 11.5. The molecule has 0 spiro atoms. The van der Waals surface area contributed by atoms with Gasteiger partial charge in [0.15, 0.2) is 0 Å². The molecule has 1 aromatic carbocycles. The van der Waals surface area contributed by atoms with Crippen LogP contribution in [0.15, 0.2) is 30.3 Å². The van der Waals surface area contributed by atoms with E-state index in [-0.39, 0.29) is 5.97 Å². The number of hydrogen-bond donors (Lipinski definition) is 1. The second-order valence-corrected chi connectivity index (χ2v) is 4.84. The van der Waals surface area contributed by atoms with Crippen molar-refractivity contribution < 1.29 is 9.53 Å². The average molecular weight is 265 g/mol. The van der Waals surface area contributed by atoms with Crippen molar-refractivity contribution in [2.75, 3.05) is 13.7 Å². The molecule has 1 rings (SSSR count). The summed E-state index contributed by atoms with van der Waals surface area (Å²) < 4.78 is 4.90. The monoisotopic (exact) mass is 265 g/mol. The van der Waals surface area contributed by atoms with Crippen molar-refractivity contribution >= 4 is 5.97 Å². The van der Waals surface area contributed by atoms with Crippen LogP contribution in [-0.4, -0.2) is 19.6 Å². The first-order valence-electron chi connectivity index (χ1n) is 6.94. The number of rotatable bonds is 6. The molecule has 0 saturated carbocycles. The van der Waals surface area contributed by atoms with Crippen LogP contribution in [0.3, 0.4) is 0 Å². The molecule has 0 amide bonds. The number of carbonyl (C=O) groups is 1. The Kier molecular flexibility index (Phi) is 10.9. The Morgan fingerprint density at radius 2 is 1.89 bits per heavy atom. The fraction of sp³-hybridized carbons (Fsp3) is 0.562. The number of carbonyl (C=O) groups excluding carboxylic acids is 1. The minimum absolute atomic E-state index is 0.0730. The average Bonchev–Trinajstić information content (AvgIpc) is 2.39. The van der Waals surface area contributed by atoms with Gasteiger partial charge in [-0.15, -0.1) is 0 Å². The highest BCUT2D eigenvalue weighted by Crippen LogP contribution is 1.96. The lowest BCUT2D eigenvalue weighted by atomic mass is 10.2. The summed E-state index contributed by atoms with van der Waals surface area (Å²) in [6, 6.07) is 10.3. The minimum Gasteiger partial charge on any atom is -0.465 e. The molecule has 0 fully saturated rings. The Morgan fingerprint density at radius 3 is 2.37 bits per heavy atom. The third-order valence-electron chi connectivity index (χ3n) is 2.26. The Balaban J connectivity index is 0.000000342. The molecule has 0 atom stereocenters. The lowest BCUT2D eigenvalue weighted by Gasteiger charge is -2.05. The molecule has 0 aliphatic heterocycles. The van der Waals surface area contributed by atoms with E-state index in [0.717, 1.165) is 13.0 Å². The van der Waals surface area contributed by atoms with E-state index in [4.69, 9.17) is 4.74 Å². The second-order valence-electron chi connectivity index (χ2n) is 4.84. The van der Waals surface area contributed by atoms with Crippen LogP contribution >= 0.6 is 0 Å². The van der Waals surface area contributed by atoms with E-state index >= 15 is 0 Å². The Morgan fingerprint density at radius 1 is 1.26 bits per heavy atom. The number of esters is 1. The van der Waals surface area contributed by atoms with Crippen LogP contribution in [0, 0.1) is 5.92 Å². The smallest absolute Gasteiger partial charge is 0.305 e. The molecule has 0 aromatic heterocycles. The zero-order valence-corrected chi connectivity index (χ0v) is 12.6. The highest BCUT2D eigenvalue weighted by molar-refractivity contribution is 5.69. The fourth-order valence-electron chi connectivity index (χ4n) is 1.34. The molecule has 1 aromatic rings. The maximum Gasteiger partial charge on any atom is 0.305 e. The molecule has 0 aliphatic carbocycles. The molecule has 3 heteroatoms. The van der Waals surface area contributed by atoms with Crippen LogP contribution in [0.25, 0.3) is 0 Å². The summed E-state index contributed by atoms with van der Waals surface area (Å²) in [6.45, 7) is 7.54. The van der Waals surface area contributed by atoms with Crippen LogP contribution in [0.1, 0.15) is 39.2 Å². The normalized spacial score (nSPS) is 9.74. The van der Waals surface area contributed by atoms with Crippen LogP contribution in [0.4, 0.5) is 0 Å². The molecule has 108 valence electrons. The molecule has 0 radical (unpaired) electrons. The van der Waals surface area contributed by atoms with Gasteiger partial charge in [0.1, 0.15) is 0 Å². The van der Waals surface area contributed by atoms with Gasteiger partial charge in [-0.2, -0.15) is 0 Å². The van der Waals surface area contributed by atoms with E-state index in [0.29, 0.717) is 18.9 Å². The third-order valence-corrected chi connectivity index (χ3v) is 2.26. The Hall–Kier alpha value is -1.35. The highest BCUT2D eigenvalue weighted by Gasteiger charge is 2.01. The SMILES string of the molecule is CCCC(=O)OCC(C)C.CNCc1ccccc1. The summed E-state index contributed by atoms with van der Waals surface area (Å²) in [5, 5.41) is 3.08. The van der Waals surface area contributed by atoms with Crippen molar-refractivity contribution in [3.05, 3.63) is 35.9 Å². The number of ether oxygens (including phenoxy) is 1. The van der Waals surface area contributed by atoms with Crippen molar-refractivity contribution in [1.82, 2.24) is 5.32 Å². The number of benzene rings is 1. The molecule has 0 heterocycles. The first kappa shape index (κ1) is 17.6. The Bertz CT molecular complexity index is 323. The minimum atomic E-state index is -0.0730. The van der Waals surface area contributed by atoms with Gasteiger partial charge in [0, 0.05) is 13.0 Å². The second kappa shape index (κ2) is 11.7. The molecule has 0 bridgehead atoms. The quantitative estimate of drug-likeness (QED) is 0.801. The van der Waals surface area contributed by atoms with Gasteiger partial charge in [0.2, 0.25) is 0 Å². The topological polar surface area (TPSA) is 38.3 Å². The lowest BCUT2D eigenvalue weighted by Crippen LogP contribution is -2.08. The zero-order chi connectivity index (χ0) is 14.5. The molecule has 3 nitrogen and oxygen atoms in total. The van der Waals surface area contributed by atoms with Gasteiger partial charge in [-0.05, 0) is 24.9 Å². The van der Waals surface area contributed by atoms with Crippen LogP contribution in [0.5, 0.6) is 0 Å². The van der Waals surface area contributed by atoms with E-state index in [2.05, 4.69) is 17.4 Å². The van der Waals surface area contributed by atoms with Gasteiger partial charge in [-0.25, -0.2) is 0 Å². The first-order valence-corrected chi connectivity index (χ1v) is 6.94. The van der Waals surface area contributed by atoms with E-state index in [9.17, 15) is 4.79 Å². The molecular weight excluding hydrogens is 238 g/mol. The van der Waals surface area contributed by atoms with Crippen LogP contribution in [-0.2, 0) is 16.1 Å². The lowest BCUT2D eigenvalue weighted by molar-refractivity contribution is -0.144. The predicted octanol–water partition coefficient (Wildman–Crippen LogP) is 3.39. The Labute approximate surface area is 117 Å². The molecule has 0 aliphatic rings. The number of hydrogen-bond acceptors (Lipinski definition) is 3. The summed E-state index contributed by atoms with van der Waals surface area (Å²) in [5.74, 6) is 0.372. The van der Waals surface area contributed by atoms with Gasteiger partial charge in [-0.3, -0.25) is 4.79 Å². The molecule has 0 saturated heterocycles. The van der Waals surface area contributed by atoms with Gasteiger partial charge in [0.25, 0.3) is 0 Å². The highest BCUT2D eigenvalue weighted by atomic mass is 16.5. The van der Waals surface area contributed by atoms with E-state index in [1.807, 2.05) is 46.0 Å². The molecule has 19 heavy (non-hydrogen) atoms. The molecular formula is C16H27NO2. The van der Waals surface area contributed by atoms with Crippen LogP contribution in [0.2, 0.25) is 0 Å². The maximum atomic E-state index is 10.7. The summed E-state index contributed by atoms with van der Waals surface area (Å²) in [6.07, 6.45) is 1.42. The maximum absolute atomic E-state index is 10.7. The van der Waals surface area contributed by atoms with E-state index < -0.39 is 0 Å². The van der Waals surface area contributed by atoms with Crippen molar-refractivity contribution in [3.63, 3.8) is 0 Å². The van der Waals surface area contributed by atoms with Crippen molar-refractivity contribution in [2.45, 2.75) is 40.2 Å². The standard InChI is InChI=1S/C8H11N.C8H16O2/c1-9-7-8-5-3-2-4-6-8;1-4-5-8(9)10-6-7(2)3/h2-6,9H,7H2,1H3;7H,4-6H2,1-3H3. The number of nitrogens with one attached hydrogen (secondary N) is 1. The summed E-state index contributed by atoms with van der Waals surface area (Å²) in [5.41, 5.74) is 1.33. The van der Waals surface area contributed by atoms with E-state index in [1.54, 1.807) is 0 Å². The van der Waals surface area contributed by atoms with E-state index in [1.165, 1.54) is 5.56 Å². The zero-order valence-electron chi connectivity index (χ0n) is 12.6. The predicted molar refractivity (Wildman–Crippen MR) is 79.9 cm³/mol. The van der Waals surface area contributed by atoms with Crippen molar-refractivity contribution in [1.29, 1.82) is 0 Å². The molecule has 0 unspecified atom stereocenters. The summed E-state index contributed by atoms with van der Waals surface area (Å²) in [4.78, 5) is 10.7. The first-order chi connectivity index (χ1) is 9.10. The fourth-order valence-corrected chi connectivity index (χ4v) is 1.34. The van der Waals surface area contributed by atoms with Gasteiger partial charge in [0.05, 0.1) is 6.61 Å². The van der Waals surface area contributed by atoms with Crippen molar-refractivity contribution in [3.8, 4) is 0 Å². The van der Waals surface area contributed by atoms with Gasteiger partial charge in [-0.1, -0.05) is 51.1 Å². The summed E-state index contributed by atoms with van der Waals surface area (Å²) >= 11 is 0. The van der Waals surface area contributed by atoms with Gasteiger partial charge < -0.3 is 10.1 Å². The van der Waals surface area contributed by atoms with Gasteiger partial charge >= 0.3 is 5.97 Å². The largest absolute Gasteiger partial charge is 0.465 e. The molecule has 1 N–H and O–H groups in total. The van der Waals surface area contributed by atoms with Crippen LogP contribution < -0.4 is 5.32 Å².